The van der Waals surface area contributed by atoms with Crippen molar-refractivity contribution in [3.63, 3.8) is 0 Å². The lowest BCUT2D eigenvalue weighted by Gasteiger charge is -2.34. The number of anilines is 1. The van der Waals surface area contributed by atoms with Gasteiger partial charge in [-0.2, -0.15) is 0 Å². The summed E-state index contributed by atoms with van der Waals surface area (Å²) in [6.45, 7) is 9.25. The number of fused-ring (bicyclic) bond motifs is 5. The van der Waals surface area contributed by atoms with E-state index in [9.17, 15) is 9.90 Å². The highest BCUT2D eigenvalue weighted by molar-refractivity contribution is 5.99. The molecule has 0 bridgehead atoms. The minimum atomic E-state index is -0.854. The van der Waals surface area contributed by atoms with Crippen molar-refractivity contribution in [1.82, 2.24) is 9.47 Å². The number of ether oxygens (including phenoxy) is 1. The maximum atomic E-state index is 11.9. The van der Waals surface area contributed by atoms with Gasteiger partial charge in [0.25, 0.3) is 0 Å². The van der Waals surface area contributed by atoms with Crippen LogP contribution >= 0.6 is 0 Å². The highest BCUT2D eigenvalue weighted by Crippen LogP contribution is 2.47. The number of carboxylic acids is 1. The summed E-state index contributed by atoms with van der Waals surface area (Å²) in [5.41, 5.74) is 8.17. The Hall–Kier alpha value is -2.83. The molecule has 6 rings (SSSR count). The molecular weight excluding hydrogens is 486 g/mol. The van der Waals surface area contributed by atoms with E-state index in [4.69, 9.17) is 4.74 Å². The molecule has 1 aliphatic carbocycles. The Morgan fingerprint density at radius 2 is 1.74 bits per heavy atom. The first-order valence-electron chi connectivity index (χ1n) is 15.0. The number of hydrogen-bond acceptors (Lipinski definition) is 4. The largest absolute Gasteiger partial charge is 0.478 e. The van der Waals surface area contributed by atoms with E-state index in [-0.39, 0.29) is 0 Å². The number of hydrogen-bond donors (Lipinski definition) is 1. The zero-order valence-corrected chi connectivity index (χ0v) is 23.6. The number of carbonyl (C=O) groups is 1. The molecule has 3 aliphatic rings. The summed E-state index contributed by atoms with van der Waals surface area (Å²) in [7, 11) is 1.81. The Morgan fingerprint density at radius 3 is 2.49 bits per heavy atom. The third-order valence-corrected chi connectivity index (χ3v) is 9.50. The van der Waals surface area contributed by atoms with E-state index < -0.39 is 5.97 Å². The van der Waals surface area contributed by atoms with E-state index >= 15 is 0 Å². The van der Waals surface area contributed by atoms with Gasteiger partial charge in [-0.1, -0.05) is 37.5 Å². The van der Waals surface area contributed by atoms with Crippen molar-refractivity contribution in [1.29, 1.82) is 0 Å². The van der Waals surface area contributed by atoms with Crippen LogP contribution in [0, 0.1) is 12.8 Å². The fourth-order valence-electron chi connectivity index (χ4n) is 7.39. The van der Waals surface area contributed by atoms with Gasteiger partial charge in [0.2, 0.25) is 0 Å². The summed E-state index contributed by atoms with van der Waals surface area (Å²) >= 11 is 0. The smallest absolute Gasteiger partial charge is 0.335 e. The molecule has 6 heteroatoms. The lowest BCUT2D eigenvalue weighted by molar-refractivity contribution is 0.0697. The van der Waals surface area contributed by atoms with E-state index in [1.807, 2.05) is 13.2 Å². The highest BCUT2D eigenvalue weighted by Gasteiger charge is 2.31. The summed E-state index contributed by atoms with van der Waals surface area (Å²) in [5.74, 6) is 0.371. The molecule has 6 nitrogen and oxygen atoms in total. The average Bonchev–Trinajstić information content (AvgIpc) is 3.19. The Morgan fingerprint density at radius 1 is 0.949 bits per heavy atom. The van der Waals surface area contributed by atoms with Crippen molar-refractivity contribution in [2.24, 2.45) is 5.92 Å². The number of aromatic carboxylic acids is 1. The van der Waals surface area contributed by atoms with Crippen LogP contribution in [0.15, 0.2) is 36.4 Å². The molecule has 2 fully saturated rings. The lowest BCUT2D eigenvalue weighted by atomic mass is 9.81. The number of carboxylic acid groups (broad SMARTS) is 1. The number of piperidine rings is 1. The maximum absolute atomic E-state index is 11.9. The van der Waals surface area contributed by atoms with Gasteiger partial charge in [-0.3, -0.25) is 0 Å². The van der Waals surface area contributed by atoms with Crippen molar-refractivity contribution >= 4 is 22.6 Å². The fourth-order valence-corrected chi connectivity index (χ4v) is 7.39. The summed E-state index contributed by atoms with van der Waals surface area (Å²) in [5, 5.41) is 11.1. The van der Waals surface area contributed by atoms with Crippen LogP contribution in [0.1, 0.15) is 72.3 Å². The standard InChI is InChI=1S/C33H43N3O3/c1-23-8-10-28-29(20-23)35(17-16-34-14-12-24(13-15-34)22-39-2)18-19-36-30-21-26(33(37)38)9-11-27(30)31(32(28)36)25-6-4-3-5-7-25/h8-11,20-21,24-25H,3-7,12-19,22H2,1-2H3,(H,37,38). The van der Waals surface area contributed by atoms with Gasteiger partial charge in [-0.05, 0) is 86.9 Å². The van der Waals surface area contributed by atoms with E-state index in [1.165, 1.54) is 78.4 Å². The monoisotopic (exact) mass is 529 g/mol. The Balaban J connectivity index is 1.38. The molecule has 2 aliphatic heterocycles. The van der Waals surface area contributed by atoms with E-state index in [0.29, 0.717) is 17.4 Å². The SMILES string of the molecule is COCC1CCN(CCN2CCn3c(c(C4CCCCC4)c4ccc(C(=O)O)cc43)-c3ccc(C)cc32)CC1. The molecule has 208 valence electrons. The molecule has 0 radical (unpaired) electrons. The predicted molar refractivity (Wildman–Crippen MR) is 158 cm³/mol. The summed E-state index contributed by atoms with van der Waals surface area (Å²) < 4.78 is 7.86. The van der Waals surface area contributed by atoms with Crippen molar-refractivity contribution in [2.45, 2.75) is 64.3 Å². The normalized spacial score (nSPS) is 19.2. The molecular formula is C33H43N3O3. The van der Waals surface area contributed by atoms with Gasteiger partial charge < -0.3 is 24.2 Å². The van der Waals surface area contributed by atoms with E-state index in [0.717, 1.165) is 51.4 Å². The molecule has 0 unspecified atom stereocenters. The second kappa shape index (κ2) is 11.3. The molecule has 2 aromatic carbocycles. The molecule has 0 atom stereocenters. The van der Waals surface area contributed by atoms with Gasteiger partial charge in [0.15, 0.2) is 0 Å². The molecule has 1 N–H and O–H groups in total. The summed E-state index contributed by atoms with van der Waals surface area (Å²) in [6.07, 6.45) is 8.75. The van der Waals surface area contributed by atoms with Gasteiger partial charge in [0.05, 0.1) is 11.3 Å². The van der Waals surface area contributed by atoms with Crippen molar-refractivity contribution in [3.05, 3.63) is 53.1 Å². The van der Waals surface area contributed by atoms with Crippen LogP contribution in [0.5, 0.6) is 0 Å². The molecule has 39 heavy (non-hydrogen) atoms. The molecule has 1 saturated heterocycles. The number of methoxy groups -OCH3 is 1. The Labute approximate surface area is 232 Å². The van der Waals surface area contributed by atoms with Crippen LogP contribution in [0.2, 0.25) is 0 Å². The summed E-state index contributed by atoms with van der Waals surface area (Å²) in [6, 6.07) is 12.8. The second-order valence-corrected chi connectivity index (χ2v) is 12.0. The van der Waals surface area contributed by atoms with Gasteiger partial charge in [0, 0.05) is 62.0 Å². The molecule has 3 heterocycles. The number of likely N-dealkylation sites (tertiary alicyclic amines) is 1. The fraction of sp³-hybridized carbons (Fsp3) is 0.545. The quantitative estimate of drug-likeness (QED) is 0.377. The van der Waals surface area contributed by atoms with Crippen LogP contribution in [0.4, 0.5) is 5.69 Å². The highest BCUT2D eigenvalue weighted by atomic mass is 16.5. The van der Waals surface area contributed by atoms with Crippen LogP contribution < -0.4 is 4.90 Å². The van der Waals surface area contributed by atoms with E-state index in [1.54, 1.807) is 6.07 Å². The summed E-state index contributed by atoms with van der Waals surface area (Å²) in [4.78, 5) is 17.2. The topological polar surface area (TPSA) is 57.9 Å². The van der Waals surface area contributed by atoms with Gasteiger partial charge >= 0.3 is 5.97 Å². The molecule has 0 spiro atoms. The third-order valence-electron chi connectivity index (χ3n) is 9.50. The van der Waals surface area contributed by atoms with Crippen molar-refractivity contribution in [3.8, 4) is 11.3 Å². The first-order valence-corrected chi connectivity index (χ1v) is 15.0. The van der Waals surface area contributed by atoms with Gasteiger partial charge in [0.1, 0.15) is 0 Å². The first kappa shape index (κ1) is 26.4. The lowest BCUT2D eigenvalue weighted by Crippen LogP contribution is -2.41. The molecule has 3 aromatic rings. The second-order valence-electron chi connectivity index (χ2n) is 12.0. The predicted octanol–water partition coefficient (Wildman–Crippen LogP) is 6.54. The number of aryl methyl sites for hydroxylation is 1. The number of aromatic nitrogens is 1. The average molecular weight is 530 g/mol. The maximum Gasteiger partial charge on any atom is 0.335 e. The Kier molecular flexibility index (Phi) is 7.68. The van der Waals surface area contributed by atoms with Crippen molar-refractivity contribution in [2.75, 3.05) is 51.3 Å². The van der Waals surface area contributed by atoms with E-state index in [2.05, 4.69) is 45.6 Å². The Bertz CT molecular complexity index is 1330. The van der Waals surface area contributed by atoms with Crippen LogP contribution in [0.3, 0.4) is 0 Å². The number of benzene rings is 2. The zero-order chi connectivity index (χ0) is 26.9. The molecule has 0 amide bonds. The van der Waals surface area contributed by atoms with Gasteiger partial charge in [-0.15, -0.1) is 0 Å². The van der Waals surface area contributed by atoms with Crippen LogP contribution in [-0.4, -0.2) is 67.0 Å². The third kappa shape index (κ3) is 5.21. The molecule has 1 aromatic heterocycles. The minimum Gasteiger partial charge on any atom is -0.478 e. The van der Waals surface area contributed by atoms with Crippen LogP contribution in [-0.2, 0) is 11.3 Å². The minimum absolute atomic E-state index is 0.375. The zero-order valence-electron chi connectivity index (χ0n) is 23.6. The molecule has 1 saturated carbocycles. The van der Waals surface area contributed by atoms with Crippen molar-refractivity contribution < 1.29 is 14.6 Å². The van der Waals surface area contributed by atoms with Crippen LogP contribution in [0.25, 0.3) is 22.2 Å². The number of nitrogens with zero attached hydrogens (tertiary/aromatic N) is 3. The first-order chi connectivity index (χ1) is 19.0. The number of rotatable bonds is 7. The van der Waals surface area contributed by atoms with Gasteiger partial charge in [-0.25, -0.2) is 4.79 Å².